The molecule has 0 saturated heterocycles. The minimum Gasteiger partial charge on any atom is -0.508 e. The quantitative estimate of drug-likeness (QED) is 0.100. The Labute approximate surface area is 249 Å². The van der Waals surface area contributed by atoms with Crippen LogP contribution in [0.15, 0.2) is 35.1 Å². The smallest absolute Gasteiger partial charge is 0.259 e. The number of nitrogens with zero attached hydrogens (tertiary/aromatic N) is 1. The summed E-state index contributed by atoms with van der Waals surface area (Å²) in [6.07, 6.45) is 1.63. The minimum absolute atomic E-state index is 0.0966. The van der Waals surface area contributed by atoms with Gasteiger partial charge in [0, 0.05) is 17.4 Å². The molecule has 0 heterocycles. The van der Waals surface area contributed by atoms with Crippen LogP contribution in [0, 0.1) is 11.8 Å². The van der Waals surface area contributed by atoms with Gasteiger partial charge in [-0.2, -0.15) is 0 Å². The van der Waals surface area contributed by atoms with Gasteiger partial charge in [0.25, 0.3) is 5.91 Å². The summed E-state index contributed by atoms with van der Waals surface area (Å²) >= 11 is 0. The second-order valence-electron chi connectivity index (χ2n) is 12.0. The van der Waals surface area contributed by atoms with Crippen LogP contribution >= 0.6 is 0 Å². The van der Waals surface area contributed by atoms with Gasteiger partial charge in [0.15, 0.2) is 11.4 Å². The maximum Gasteiger partial charge on any atom is 0.259 e. The number of rotatable bonds is 10. The lowest BCUT2D eigenvalue weighted by atomic mass is 9.54. The maximum atomic E-state index is 14.1. The van der Waals surface area contributed by atoms with E-state index >= 15 is 0 Å². The molecule has 1 unspecified atom stereocenters. The molecule has 1 saturated carbocycles. The largest absolute Gasteiger partial charge is 0.508 e. The van der Waals surface area contributed by atoms with Crippen LogP contribution in [0.25, 0.3) is 5.76 Å². The first-order valence-corrected chi connectivity index (χ1v) is 14.2. The fourth-order valence-electron chi connectivity index (χ4n) is 6.62. The van der Waals surface area contributed by atoms with E-state index in [2.05, 4.69) is 10.6 Å². The lowest BCUT2D eigenvalue weighted by Gasteiger charge is -2.53. The van der Waals surface area contributed by atoms with E-state index in [1.165, 1.54) is 51.0 Å². The third-order valence-corrected chi connectivity index (χ3v) is 9.02. The van der Waals surface area contributed by atoms with Gasteiger partial charge in [-0.1, -0.05) is 18.6 Å². The number of phenols is 1. The van der Waals surface area contributed by atoms with E-state index < -0.39 is 81.0 Å². The molecular formula is C30H40N4O9. The minimum atomic E-state index is -2.78. The number of phenolic OH excluding ortho intramolecular Hbond substituents is 1. The number of hydrogen-bond donors (Lipinski definition) is 8. The molecule has 0 bridgehead atoms. The standard InChI is InChI=1S/C30H40N4O9/c1-14(35)18(31)9-5-6-11-32-13-33-28(41)22-25(38)23(34(3)4)17-12-16-21(26(39)30(17,43)27(22)40)24(37)20-15(29(16,2)42)8-7-10-19(20)36/h7-8,10,16-18,23,32,36-37,40,42-43H,5-6,9,11-13,31H2,1-4H3,(H,33,41)/t16-,17-,18?,23-,29+,30-/m0/s1. The second-order valence-corrected chi connectivity index (χ2v) is 12.0. The molecule has 13 heteroatoms. The van der Waals surface area contributed by atoms with Crippen molar-refractivity contribution in [2.45, 2.75) is 62.8 Å². The Bertz CT molecular complexity index is 1420. The highest BCUT2D eigenvalue weighted by molar-refractivity contribution is 6.25. The zero-order valence-corrected chi connectivity index (χ0v) is 24.7. The van der Waals surface area contributed by atoms with E-state index in [1.807, 2.05) is 0 Å². The number of carbonyl (C=O) groups is 4. The number of nitrogens with two attached hydrogens (primary N) is 1. The number of aliphatic hydroxyl groups excluding tert-OH is 2. The monoisotopic (exact) mass is 600 g/mol. The van der Waals surface area contributed by atoms with Gasteiger partial charge in [0.1, 0.15) is 28.6 Å². The first-order chi connectivity index (χ1) is 20.1. The molecule has 0 aromatic heterocycles. The lowest BCUT2D eigenvalue weighted by Crippen LogP contribution is -2.67. The Morgan fingerprint density at radius 2 is 1.81 bits per heavy atom. The molecule has 13 nitrogen and oxygen atoms in total. The number of fused-ring (bicyclic) bond motifs is 3. The van der Waals surface area contributed by atoms with E-state index in [0.717, 1.165) is 0 Å². The van der Waals surface area contributed by atoms with Crippen molar-refractivity contribution in [3.8, 4) is 5.75 Å². The molecule has 1 amide bonds. The number of aromatic hydroxyl groups is 1. The van der Waals surface area contributed by atoms with Crippen LogP contribution in [0.5, 0.6) is 5.75 Å². The molecule has 1 aromatic carbocycles. The number of likely N-dealkylation sites (N-methyl/N-ethyl adjacent to an activating group) is 1. The van der Waals surface area contributed by atoms with Crippen LogP contribution in [-0.2, 0) is 24.8 Å². The van der Waals surface area contributed by atoms with Crippen molar-refractivity contribution in [2.24, 2.45) is 17.6 Å². The summed E-state index contributed by atoms with van der Waals surface area (Å²) in [7, 11) is 3.06. The number of amides is 1. The molecule has 4 rings (SSSR count). The van der Waals surface area contributed by atoms with Crippen LogP contribution in [0.3, 0.4) is 0 Å². The molecule has 0 radical (unpaired) electrons. The fourth-order valence-corrected chi connectivity index (χ4v) is 6.62. The van der Waals surface area contributed by atoms with E-state index in [0.29, 0.717) is 25.8 Å². The molecule has 1 aromatic rings. The van der Waals surface area contributed by atoms with E-state index in [-0.39, 0.29) is 30.0 Å². The number of unbranched alkanes of at least 4 members (excludes halogenated alkanes) is 1. The fraction of sp³-hybridized carbons (Fsp3) is 0.533. The predicted molar refractivity (Wildman–Crippen MR) is 154 cm³/mol. The summed E-state index contributed by atoms with van der Waals surface area (Å²) in [5.74, 6) is -7.69. The van der Waals surface area contributed by atoms with Gasteiger partial charge in [-0.25, -0.2) is 0 Å². The first-order valence-electron chi connectivity index (χ1n) is 14.2. The number of hydrogen-bond acceptors (Lipinski definition) is 12. The van der Waals surface area contributed by atoms with Crippen molar-refractivity contribution < 1.29 is 44.7 Å². The Balaban J connectivity index is 1.64. The van der Waals surface area contributed by atoms with Crippen molar-refractivity contribution in [3.05, 3.63) is 46.2 Å². The summed E-state index contributed by atoms with van der Waals surface area (Å²) in [5, 5.41) is 61.9. The van der Waals surface area contributed by atoms with Crippen LogP contribution < -0.4 is 16.4 Å². The molecular weight excluding hydrogens is 560 g/mol. The average Bonchev–Trinajstić information content (AvgIpc) is 2.92. The summed E-state index contributed by atoms with van der Waals surface area (Å²) in [6.45, 7) is 3.19. The van der Waals surface area contributed by atoms with Crippen molar-refractivity contribution in [1.82, 2.24) is 15.5 Å². The number of benzene rings is 1. The van der Waals surface area contributed by atoms with Gasteiger partial charge < -0.3 is 36.6 Å². The Kier molecular flexibility index (Phi) is 8.87. The summed E-state index contributed by atoms with van der Waals surface area (Å²) in [5.41, 5.74) is -0.0868. The van der Waals surface area contributed by atoms with Gasteiger partial charge in [-0.05, 0) is 65.4 Å². The lowest BCUT2D eigenvalue weighted by molar-refractivity contribution is -0.159. The molecule has 3 aliphatic carbocycles. The number of Topliss-reactive ketones (excluding diaryl/α,β-unsaturated/α-hetero) is 3. The topological polar surface area (TPSA) is 223 Å². The second kappa shape index (κ2) is 11.8. The van der Waals surface area contributed by atoms with E-state index in [4.69, 9.17) is 5.73 Å². The van der Waals surface area contributed by atoms with Crippen molar-refractivity contribution >= 4 is 29.0 Å². The maximum absolute atomic E-state index is 14.1. The predicted octanol–water partition coefficient (Wildman–Crippen LogP) is -0.106. The SMILES string of the molecule is CC(=O)C(N)CCCCNCNC(=O)C1=C(O)[C@@]2(O)C(=O)C3=C(O)c4c(O)cccc4[C@@](C)(O)[C@H]3C[C@H]2[C@H](N(C)C)C1=O. The van der Waals surface area contributed by atoms with Gasteiger partial charge in [-0.3, -0.25) is 29.4 Å². The van der Waals surface area contributed by atoms with E-state index in [9.17, 15) is 44.7 Å². The number of nitrogens with one attached hydrogen (secondary N) is 2. The summed E-state index contributed by atoms with van der Waals surface area (Å²) in [4.78, 5) is 53.6. The Morgan fingerprint density at radius 1 is 1.14 bits per heavy atom. The highest BCUT2D eigenvalue weighted by atomic mass is 16.3. The van der Waals surface area contributed by atoms with Gasteiger partial charge in [0.2, 0.25) is 5.78 Å². The molecule has 0 spiro atoms. The Hall–Kier alpha value is -3.62. The molecule has 234 valence electrons. The molecule has 0 aliphatic heterocycles. The molecule has 6 atom stereocenters. The van der Waals surface area contributed by atoms with Crippen molar-refractivity contribution in [1.29, 1.82) is 0 Å². The van der Waals surface area contributed by atoms with Crippen molar-refractivity contribution in [2.75, 3.05) is 27.3 Å². The number of carbonyl (C=O) groups excluding carboxylic acids is 4. The normalized spacial score (nSPS) is 29.3. The first kappa shape index (κ1) is 32.3. The van der Waals surface area contributed by atoms with Crippen LogP contribution in [0.2, 0.25) is 0 Å². The summed E-state index contributed by atoms with van der Waals surface area (Å²) < 4.78 is 0. The number of ketones is 3. The van der Waals surface area contributed by atoms with Crippen molar-refractivity contribution in [3.63, 3.8) is 0 Å². The Morgan fingerprint density at radius 3 is 2.44 bits per heavy atom. The van der Waals surface area contributed by atoms with Gasteiger partial charge in [-0.15, -0.1) is 0 Å². The van der Waals surface area contributed by atoms with E-state index in [1.54, 1.807) is 0 Å². The molecule has 9 N–H and O–H groups in total. The molecule has 43 heavy (non-hydrogen) atoms. The van der Waals surface area contributed by atoms with Crippen LogP contribution in [0.4, 0.5) is 0 Å². The number of aliphatic hydroxyl groups is 4. The zero-order chi connectivity index (χ0) is 32.0. The highest BCUT2D eigenvalue weighted by Crippen LogP contribution is 2.57. The van der Waals surface area contributed by atoms with Gasteiger partial charge >= 0.3 is 0 Å². The highest BCUT2D eigenvalue weighted by Gasteiger charge is 2.66. The van der Waals surface area contributed by atoms with Crippen LogP contribution in [0.1, 0.15) is 50.7 Å². The van der Waals surface area contributed by atoms with Gasteiger partial charge in [0.05, 0.1) is 29.9 Å². The summed E-state index contributed by atoms with van der Waals surface area (Å²) in [6, 6.07) is 2.48. The average molecular weight is 601 g/mol. The molecule has 1 fully saturated rings. The third-order valence-electron chi connectivity index (χ3n) is 9.02. The molecule has 3 aliphatic rings. The zero-order valence-electron chi connectivity index (χ0n) is 24.7. The third kappa shape index (κ3) is 5.25. The van der Waals surface area contributed by atoms with Crippen LogP contribution in [-0.4, -0.2) is 98.7 Å².